The first-order valence-corrected chi connectivity index (χ1v) is 13.3. The average molecular weight is 552 g/mol. The van der Waals surface area contributed by atoms with E-state index in [1.165, 1.54) is 0 Å². The second-order valence-electron chi connectivity index (χ2n) is 9.36. The van der Waals surface area contributed by atoms with Crippen molar-refractivity contribution in [1.29, 1.82) is 0 Å². The lowest BCUT2D eigenvalue weighted by molar-refractivity contribution is -0.129. The van der Waals surface area contributed by atoms with Gasteiger partial charge in [0, 0.05) is 57.4 Å². The van der Waals surface area contributed by atoms with Gasteiger partial charge < -0.3 is 24.8 Å². The number of benzene rings is 1. The van der Waals surface area contributed by atoms with Crippen molar-refractivity contribution in [3.05, 3.63) is 65.0 Å². The molecule has 11 heteroatoms. The molecule has 0 unspecified atom stereocenters. The lowest BCUT2D eigenvalue weighted by Crippen LogP contribution is -2.50. The molecular formula is C27H27Cl2N7O2. The first-order valence-electron chi connectivity index (χ1n) is 12.5. The van der Waals surface area contributed by atoms with Gasteiger partial charge in [0.05, 0.1) is 34.5 Å². The molecule has 0 saturated carbocycles. The van der Waals surface area contributed by atoms with Crippen LogP contribution in [-0.4, -0.2) is 78.1 Å². The molecule has 3 aromatic heterocycles. The highest BCUT2D eigenvalue weighted by Crippen LogP contribution is 2.37. The molecule has 38 heavy (non-hydrogen) atoms. The van der Waals surface area contributed by atoms with E-state index in [-0.39, 0.29) is 12.5 Å². The van der Waals surface area contributed by atoms with E-state index in [0.29, 0.717) is 42.8 Å². The Bertz CT molecular complexity index is 1480. The van der Waals surface area contributed by atoms with Crippen LogP contribution in [0.5, 0.6) is 5.75 Å². The van der Waals surface area contributed by atoms with Crippen molar-refractivity contribution in [2.75, 3.05) is 68.0 Å². The Morgan fingerprint density at radius 2 is 1.84 bits per heavy atom. The zero-order chi connectivity index (χ0) is 26.2. The van der Waals surface area contributed by atoms with E-state index in [4.69, 9.17) is 32.9 Å². The molecule has 4 aromatic rings. The summed E-state index contributed by atoms with van der Waals surface area (Å²) in [6.45, 7) is 4.07. The molecule has 0 radical (unpaired) electrons. The van der Waals surface area contributed by atoms with E-state index in [0.717, 1.165) is 46.4 Å². The van der Waals surface area contributed by atoms with Crippen LogP contribution in [0.15, 0.2) is 55.0 Å². The normalized spacial score (nSPS) is 15.4. The lowest BCUT2D eigenvalue weighted by Gasteiger charge is -2.36. The Labute approximate surface area is 230 Å². The molecule has 2 aliphatic rings. The van der Waals surface area contributed by atoms with Gasteiger partial charge in [0.1, 0.15) is 29.5 Å². The highest BCUT2D eigenvalue weighted by atomic mass is 35.5. The Hall–Kier alpha value is -3.69. The Morgan fingerprint density at radius 1 is 1.05 bits per heavy atom. The number of nitrogens with zero attached hydrogens (tertiary/aromatic N) is 6. The molecule has 1 N–H and O–H groups in total. The number of imidazole rings is 1. The maximum absolute atomic E-state index is 13.2. The first kappa shape index (κ1) is 24.6. The quantitative estimate of drug-likeness (QED) is 0.396. The number of rotatable bonds is 5. The van der Waals surface area contributed by atoms with Gasteiger partial charge in [-0.2, -0.15) is 0 Å². The average Bonchev–Trinajstić information content (AvgIpc) is 3.30. The van der Waals surface area contributed by atoms with Crippen molar-refractivity contribution in [3.63, 3.8) is 0 Å². The van der Waals surface area contributed by atoms with Crippen molar-refractivity contribution >= 4 is 51.9 Å². The summed E-state index contributed by atoms with van der Waals surface area (Å²) in [4.78, 5) is 28.2. The molecule has 1 aromatic carbocycles. The number of carbonyl (C=O) groups is 1. The molecule has 196 valence electrons. The maximum Gasteiger partial charge on any atom is 0.242 e. The van der Waals surface area contributed by atoms with Crippen LogP contribution in [0.4, 0.5) is 17.2 Å². The molecule has 5 heterocycles. The summed E-state index contributed by atoms with van der Waals surface area (Å²) in [5.74, 6) is 1.62. The number of halogens is 2. The molecule has 9 nitrogen and oxygen atoms in total. The predicted molar refractivity (Wildman–Crippen MR) is 151 cm³/mol. The third-order valence-electron chi connectivity index (χ3n) is 7.04. The third kappa shape index (κ3) is 4.56. The van der Waals surface area contributed by atoms with E-state index < -0.39 is 0 Å². The predicted octanol–water partition coefficient (Wildman–Crippen LogP) is 4.29. The zero-order valence-electron chi connectivity index (χ0n) is 20.9. The SMILES string of the molecule is CN1CCOc2cc(-c3nc4ccccn4c3NCC(=O)N3CCN(c4c(Cl)cncc4Cl)CC3)ccc21. The van der Waals surface area contributed by atoms with E-state index in [2.05, 4.69) is 33.2 Å². The number of ether oxygens (including phenoxy) is 1. The third-order valence-corrected chi connectivity index (χ3v) is 7.60. The molecule has 1 fully saturated rings. The zero-order valence-corrected chi connectivity index (χ0v) is 22.4. The van der Waals surface area contributed by atoms with Crippen LogP contribution in [0.2, 0.25) is 10.0 Å². The van der Waals surface area contributed by atoms with Crippen molar-refractivity contribution in [1.82, 2.24) is 19.3 Å². The van der Waals surface area contributed by atoms with Gasteiger partial charge in [0.15, 0.2) is 0 Å². The highest BCUT2D eigenvalue weighted by Gasteiger charge is 2.25. The summed E-state index contributed by atoms with van der Waals surface area (Å²) >= 11 is 12.7. The van der Waals surface area contributed by atoms with Gasteiger partial charge in [-0.25, -0.2) is 4.98 Å². The Balaban J connectivity index is 1.19. The summed E-state index contributed by atoms with van der Waals surface area (Å²) in [5.41, 5.74) is 4.33. The van der Waals surface area contributed by atoms with Gasteiger partial charge in [0.2, 0.25) is 5.91 Å². The maximum atomic E-state index is 13.2. The van der Waals surface area contributed by atoms with E-state index >= 15 is 0 Å². The second-order valence-corrected chi connectivity index (χ2v) is 10.2. The molecular weight excluding hydrogens is 525 g/mol. The summed E-state index contributed by atoms with van der Waals surface area (Å²) < 4.78 is 7.89. The topological polar surface area (TPSA) is 78.2 Å². The number of pyridine rings is 2. The van der Waals surface area contributed by atoms with Gasteiger partial charge in [-0.15, -0.1) is 0 Å². The van der Waals surface area contributed by atoms with Crippen LogP contribution in [0, 0.1) is 0 Å². The van der Waals surface area contributed by atoms with Crippen LogP contribution in [-0.2, 0) is 4.79 Å². The van der Waals surface area contributed by atoms with Crippen molar-refractivity contribution < 1.29 is 9.53 Å². The van der Waals surface area contributed by atoms with E-state index in [1.807, 2.05) is 45.8 Å². The molecule has 0 atom stereocenters. The number of aromatic nitrogens is 3. The number of anilines is 3. The largest absolute Gasteiger partial charge is 0.490 e. The Morgan fingerprint density at radius 3 is 2.63 bits per heavy atom. The van der Waals surface area contributed by atoms with Crippen LogP contribution >= 0.6 is 23.2 Å². The monoisotopic (exact) mass is 551 g/mol. The van der Waals surface area contributed by atoms with Gasteiger partial charge in [-0.05, 0) is 24.3 Å². The van der Waals surface area contributed by atoms with Crippen molar-refractivity contribution in [2.24, 2.45) is 0 Å². The van der Waals surface area contributed by atoms with E-state index in [9.17, 15) is 4.79 Å². The fourth-order valence-electron chi connectivity index (χ4n) is 5.03. The van der Waals surface area contributed by atoms with Gasteiger partial charge in [-0.3, -0.25) is 14.2 Å². The van der Waals surface area contributed by atoms with Crippen LogP contribution in [0.1, 0.15) is 0 Å². The molecule has 6 rings (SSSR count). The molecule has 1 saturated heterocycles. The van der Waals surface area contributed by atoms with Crippen LogP contribution in [0.3, 0.4) is 0 Å². The number of fused-ring (bicyclic) bond motifs is 2. The molecule has 0 bridgehead atoms. The first-order chi connectivity index (χ1) is 18.5. The number of hydrogen-bond donors (Lipinski definition) is 1. The summed E-state index contributed by atoms with van der Waals surface area (Å²) in [5, 5.41) is 4.40. The minimum atomic E-state index is 0.0174. The molecule has 0 spiro atoms. The fraction of sp³-hybridized carbons (Fsp3) is 0.296. The van der Waals surface area contributed by atoms with Crippen molar-refractivity contribution in [2.45, 2.75) is 0 Å². The summed E-state index contributed by atoms with van der Waals surface area (Å²) in [7, 11) is 2.06. The number of piperazine rings is 1. The van der Waals surface area contributed by atoms with Crippen molar-refractivity contribution in [3.8, 4) is 17.0 Å². The summed E-state index contributed by atoms with van der Waals surface area (Å²) in [6.07, 6.45) is 5.12. The van der Waals surface area contributed by atoms with E-state index in [1.54, 1.807) is 12.4 Å². The van der Waals surface area contributed by atoms with Gasteiger partial charge in [-0.1, -0.05) is 35.3 Å². The minimum absolute atomic E-state index is 0.0174. The fourth-order valence-corrected chi connectivity index (χ4v) is 5.63. The smallest absolute Gasteiger partial charge is 0.242 e. The van der Waals surface area contributed by atoms with Crippen LogP contribution < -0.4 is 19.9 Å². The molecule has 0 aliphatic carbocycles. The van der Waals surface area contributed by atoms with Gasteiger partial charge >= 0.3 is 0 Å². The highest BCUT2D eigenvalue weighted by molar-refractivity contribution is 6.38. The second kappa shape index (κ2) is 10.2. The summed E-state index contributed by atoms with van der Waals surface area (Å²) in [6, 6.07) is 12.0. The minimum Gasteiger partial charge on any atom is -0.490 e. The van der Waals surface area contributed by atoms with Crippen LogP contribution in [0.25, 0.3) is 16.9 Å². The number of likely N-dealkylation sites (N-methyl/N-ethyl adjacent to an activating group) is 1. The molecule has 1 amide bonds. The number of carbonyl (C=O) groups excluding carboxylic acids is 1. The van der Waals surface area contributed by atoms with Gasteiger partial charge in [0.25, 0.3) is 0 Å². The molecule has 2 aliphatic heterocycles. The number of amides is 1. The standard InChI is InChI=1S/C27H27Cl2N7O2/c1-33-12-13-38-22-14-18(5-6-21(22)33)25-27(36-7-3-2-4-23(36)32-25)31-17-24(37)34-8-10-35(11-9-34)26-19(28)15-30-16-20(26)29/h2-7,14-16,31H,8-13,17H2,1H3. The number of hydrogen-bond acceptors (Lipinski definition) is 7. The number of nitrogens with one attached hydrogen (secondary N) is 1. The Kier molecular flexibility index (Phi) is 6.63. The lowest BCUT2D eigenvalue weighted by atomic mass is 10.1.